The Labute approximate surface area is 160 Å². The average molecular weight is 422 g/mol. The molecule has 0 aromatic heterocycles. The van der Waals surface area contributed by atoms with E-state index < -0.39 is 11.7 Å². The molecular formula is C20H21BrFNO3. The normalized spacial score (nSPS) is 23.8. The van der Waals surface area contributed by atoms with Gasteiger partial charge in [0.1, 0.15) is 11.6 Å². The minimum absolute atomic E-state index is 0.00786. The van der Waals surface area contributed by atoms with Crippen LogP contribution in [-0.2, 0) is 9.59 Å². The summed E-state index contributed by atoms with van der Waals surface area (Å²) in [6.07, 6.45) is 9.40. The number of halogens is 2. The van der Waals surface area contributed by atoms with E-state index in [0.717, 1.165) is 37.0 Å². The molecular weight excluding hydrogens is 401 g/mol. The molecule has 6 heteroatoms. The van der Waals surface area contributed by atoms with Crippen molar-refractivity contribution in [1.82, 2.24) is 0 Å². The van der Waals surface area contributed by atoms with Crippen molar-refractivity contribution in [3.63, 3.8) is 0 Å². The summed E-state index contributed by atoms with van der Waals surface area (Å²) in [7, 11) is 0. The summed E-state index contributed by atoms with van der Waals surface area (Å²) >= 11 is 3.35. The number of fused-ring (bicyclic) bond motifs is 1. The Bertz CT molecular complexity index is 786. The number of hydrogen-bond donors (Lipinski definition) is 0. The van der Waals surface area contributed by atoms with Crippen LogP contribution in [0.15, 0.2) is 28.3 Å². The van der Waals surface area contributed by atoms with Crippen molar-refractivity contribution in [1.29, 1.82) is 0 Å². The molecule has 1 unspecified atom stereocenters. The molecule has 1 heterocycles. The van der Waals surface area contributed by atoms with Crippen LogP contribution in [0, 0.1) is 11.7 Å². The van der Waals surface area contributed by atoms with E-state index in [1.165, 1.54) is 18.6 Å². The van der Waals surface area contributed by atoms with Crippen LogP contribution in [0.1, 0.15) is 51.4 Å². The van der Waals surface area contributed by atoms with Gasteiger partial charge in [0.15, 0.2) is 0 Å². The number of nitrogens with zero attached hydrogens (tertiary/aromatic N) is 1. The summed E-state index contributed by atoms with van der Waals surface area (Å²) < 4.78 is 21.2. The summed E-state index contributed by atoms with van der Waals surface area (Å²) in [6, 6.07) is 2.78. The van der Waals surface area contributed by atoms with Gasteiger partial charge in [-0.1, -0.05) is 12.5 Å². The maximum Gasteiger partial charge on any atom is 0.260 e. The summed E-state index contributed by atoms with van der Waals surface area (Å²) in [5.74, 6) is -1.20. The Kier molecular flexibility index (Phi) is 4.86. The van der Waals surface area contributed by atoms with Crippen molar-refractivity contribution >= 4 is 33.4 Å². The molecule has 2 bridgehead atoms. The molecule has 0 spiro atoms. The number of benzene rings is 1. The molecule has 4 nitrogen and oxygen atoms in total. The van der Waals surface area contributed by atoms with E-state index in [0.29, 0.717) is 28.6 Å². The molecule has 1 fully saturated rings. The van der Waals surface area contributed by atoms with Crippen LogP contribution in [-0.4, -0.2) is 17.9 Å². The Hall–Kier alpha value is -1.69. The second-order valence-corrected chi connectivity index (χ2v) is 8.14. The third-order valence-corrected chi connectivity index (χ3v) is 6.09. The second kappa shape index (κ2) is 7.14. The largest absolute Gasteiger partial charge is 0.489 e. The first-order chi connectivity index (χ1) is 12.5. The topological polar surface area (TPSA) is 46.6 Å². The number of ether oxygens (including phenoxy) is 1. The van der Waals surface area contributed by atoms with Crippen LogP contribution in [0.5, 0.6) is 5.75 Å². The molecule has 138 valence electrons. The first-order valence-corrected chi connectivity index (χ1v) is 10.1. The molecule has 1 atom stereocenters. The number of carbonyl (C=O) groups excluding carboxylic acids is 2. The zero-order valence-corrected chi connectivity index (χ0v) is 16.1. The first kappa shape index (κ1) is 17.7. The third-order valence-electron chi connectivity index (χ3n) is 5.47. The molecule has 2 amide bonds. The van der Waals surface area contributed by atoms with E-state index in [2.05, 4.69) is 15.9 Å². The zero-order valence-electron chi connectivity index (χ0n) is 14.5. The van der Waals surface area contributed by atoms with Crippen LogP contribution in [0.2, 0.25) is 0 Å². The van der Waals surface area contributed by atoms with Gasteiger partial charge in [-0.3, -0.25) is 9.59 Å². The van der Waals surface area contributed by atoms with Crippen molar-refractivity contribution < 1.29 is 18.7 Å². The maximum atomic E-state index is 14.7. The highest BCUT2D eigenvalue weighted by molar-refractivity contribution is 9.10. The van der Waals surface area contributed by atoms with E-state index in [1.54, 1.807) is 6.08 Å². The van der Waals surface area contributed by atoms with Gasteiger partial charge in [-0.05, 0) is 66.9 Å². The average Bonchev–Trinajstić information content (AvgIpc) is 2.65. The third kappa shape index (κ3) is 3.20. The Morgan fingerprint density at radius 1 is 1.08 bits per heavy atom. The van der Waals surface area contributed by atoms with Crippen molar-refractivity contribution in [3.8, 4) is 5.75 Å². The van der Waals surface area contributed by atoms with E-state index in [4.69, 9.17) is 4.74 Å². The lowest BCUT2D eigenvalue weighted by atomic mass is 9.85. The summed E-state index contributed by atoms with van der Waals surface area (Å²) in [4.78, 5) is 26.4. The van der Waals surface area contributed by atoms with Gasteiger partial charge in [0.05, 0.1) is 22.2 Å². The number of amides is 2. The van der Waals surface area contributed by atoms with Gasteiger partial charge >= 0.3 is 0 Å². The summed E-state index contributed by atoms with van der Waals surface area (Å²) in [5.41, 5.74) is 0.601. The quantitative estimate of drug-likeness (QED) is 0.651. The molecule has 0 radical (unpaired) electrons. The fraction of sp³-hybridized carbons (Fsp3) is 0.500. The standard InChI is InChI=1S/C20H21BrFNO3/c21-15-10-16(22)17(11-18(15)26-14-7-2-1-3-8-14)23-19(24)12-5-4-6-13(9-12)20(23)25/h9-12,14H,1-8H2. The number of imide groups is 1. The Morgan fingerprint density at radius 3 is 2.62 bits per heavy atom. The monoisotopic (exact) mass is 421 g/mol. The van der Waals surface area contributed by atoms with E-state index in [9.17, 15) is 14.0 Å². The fourth-order valence-corrected chi connectivity index (χ4v) is 4.48. The molecule has 4 rings (SSSR count). The van der Waals surface area contributed by atoms with Crippen molar-refractivity contribution in [2.24, 2.45) is 5.92 Å². The van der Waals surface area contributed by atoms with Gasteiger partial charge in [0.25, 0.3) is 5.91 Å². The Morgan fingerprint density at radius 2 is 1.85 bits per heavy atom. The maximum absolute atomic E-state index is 14.7. The number of anilines is 1. The van der Waals surface area contributed by atoms with Crippen LogP contribution in [0.4, 0.5) is 10.1 Å². The molecule has 1 saturated carbocycles. The SMILES string of the molecule is O=C1C2=CC(CCC2)C(=O)N1c1cc(OC2CCCCC2)c(Br)cc1F. The van der Waals surface area contributed by atoms with Gasteiger partial charge in [-0.15, -0.1) is 0 Å². The number of hydrogen-bond acceptors (Lipinski definition) is 3. The zero-order chi connectivity index (χ0) is 18.3. The molecule has 1 aromatic carbocycles. The van der Waals surface area contributed by atoms with Gasteiger partial charge in [0.2, 0.25) is 5.91 Å². The lowest BCUT2D eigenvalue weighted by molar-refractivity contribution is -0.128. The van der Waals surface area contributed by atoms with E-state index >= 15 is 0 Å². The van der Waals surface area contributed by atoms with Gasteiger partial charge in [0, 0.05) is 11.6 Å². The second-order valence-electron chi connectivity index (χ2n) is 7.28. The lowest BCUT2D eigenvalue weighted by Crippen LogP contribution is -2.46. The molecule has 0 N–H and O–H groups in total. The molecule has 3 aliphatic rings. The van der Waals surface area contributed by atoms with E-state index in [1.807, 2.05) is 0 Å². The number of rotatable bonds is 3. The predicted octanol–water partition coefficient (Wildman–Crippen LogP) is 4.90. The highest BCUT2D eigenvalue weighted by atomic mass is 79.9. The fourth-order valence-electron chi connectivity index (χ4n) is 4.08. The molecule has 2 aliphatic carbocycles. The highest BCUT2D eigenvalue weighted by Crippen LogP contribution is 2.39. The van der Waals surface area contributed by atoms with Crippen molar-refractivity contribution in [3.05, 3.63) is 34.1 Å². The lowest BCUT2D eigenvalue weighted by Gasteiger charge is -2.33. The predicted molar refractivity (Wildman–Crippen MR) is 99.5 cm³/mol. The number of carbonyl (C=O) groups is 2. The minimum Gasteiger partial charge on any atom is -0.489 e. The highest BCUT2D eigenvalue weighted by Gasteiger charge is 2.39. The molecule has 26 heavy (non-hydrogen) atoms. The van der Waals surface area contributed by atoms with Crippen LogP contribution >= 0.6 is 15.9 Å². The van der Waals surface area contributed by atoms with Crippen LogP contribution < -0.4 is 9.64 Å². The minimum atomic E-state index is -0.602. The summed E-state index contributed by atoms with van der Waals surface area (Å²) in [6.45, 7) is 0. The van der Waals surface area contributed by atoms with Gasteiger partial charge < -0.3 is 4.74 Å². The van der Waals surface area contributed by atoms with Gasteiger partial charge in [-0.2, -0.15) is 0 Å². The van der Waals surface area contributed by atoms with Gasteiger partial charge in [-0.25, -0.2) is 9.29 Å². The first-order valence-electron chi connectivity index (χ1n) is 9.29. The molecule has 1 aromatic rings. The summed E-state index contributed by atoms with van der Waals surface area (Å²) in [5, 5.41) is 0. The van der Waals surface area contributed by atoms with Crippen molar-refractivity contribution in [2.45, 2.75) is 57.5 Å². The van der Waals surface area contributed by atoms with Crippen LogP contribution in [0.25, 0.3) is 0 Å². The van der Waals surface area contributed by atoms with Crippen LogP contribution in [0.3, 0.4) is 0 Å². The smallest absolute Gasteiger partial charge is 0.260 e. The van der Waals surface area contributed by atoms with Crippen molar-refractivity contribution in [2.75, 3.05) is 4.90 Å². The molecule has 0 saturated heterocycles. The Balaban J connectivity index is 1.67. The molecule has 1 aliphatic heterocycles. The van der Waals surface area contributed by atoms with E-state index in [-0.39, 0.29) is 23.6 Å².